The van der Waals surface area contributed by atoms with E-state index >= 15 is 0 Å². The van der Waals surface area contributed by atoms with Gasteiger partial charge in [-0.25, -0.2) is 4.79 Å². The smallest absolute Gasteiger partial charge is 0.343 e. The number of hydrogen-bond donors (Lipinski definition) is 0. The summed E-state index contributed by atoms with van der Waals surface area (Å²) >= 11 is 18.5. The summed E-state index contributed by atoms with van der Waals surface area (Å²) in [5, 5.41) is -0.342. The molecule has 0 unspecified atom stereocenters. The third kappa shape index (κ3) is 3.02. The summed E-state index contributed by atoms with van der Waals surface area (Å²) in [6, 6.07) is 9.90. The van der Waals surface area contributed by atoms with Crippen molar-refractivity contribution in [3.63, 3.8) is 0 Å². The lowest BCUT2D eigenvalue weighted by Crippen LogP contribution is -2.44. The summed E-state index contributed by atoms with van der Waals surface area (Å²) < 4.78 is 9.61. The summed E-state index contributed by atoms with van der Waals surface area (Å²) in [6.07, 6.45) is 0.745. The Labute approximate surface area is 138 Å². The van der Waals surface area contributed by atoms with Gasteiger partial charge in [0.15, 0.2) is 0 Å². The highest BCUT2D eigenvalue weighted by molar-refractivity contribution is 6.58. The molecule has 1 aliphatic heterocycles. The lowest BCUT2D eigenvalue weighted by molar-refractivity contribution is -0.144. The Bertz CT molecular complexity index is 520. The van der Waals surface area contributed by atoms with Crippen molar-refractivity contribution in [3.05, 3.63) is 35.9 Å². The van der Waals surface area contributed by atoms with Crippen LogP contribution in [0.1, 0.15) is 18.4 Å². The maximum absolute atomic E-state index is 11.7. The van der Waals surface area contributed by atoms with Crippen molar-refractivity contribution in [2.75, 3.05) is 0 Å². The van der Waals surface area contributed by atoms with Crippen molar-refractivity contribution in [1.29, 1.82) is 0 Å². The van der Waals surface area contributed by atoms with Crippen LogP contribution in [0.3, 0.4) is 0 Å². The number of rotatable bonds is 3. The van der Waals surface area contributed by atoms with Crippen LogP contribution in [0.2, 0.25) is 0 Å². The molecule has 114 valence electrons. The van der Waals surface area contributed by atoms with Gasteiger partial charge in [0.1, 0.15) is 6.10 Å². The molecule has 21 heavy (non-hydrogen) atoms. The first-order valence-corrected chi connectivity index (χ1v) is 8.06. The molecular formula is C15H15Cl3O3. The van der Waals surface area contributed by atoms with E-state index in [-0.39, 0.29) is 23.5 Å². The molecule has 1 heterocycles. The minimum absolute atomic E-state index is 0.0658. The van der Waals surface area contributed by atoms with E-state index < -0.39 is 10.3 Å². The monoisotopic (exact) mass is 348 g/mol. The van der Waals surface area contributed by atoms with Gasteiger partial charge in [-0.15, -0.1) is 11.6 Å². The zero-order valence-corrected chi connectivity index (χ0v) is 13.4. The number of halogens is 3. The number of hydrogen-bond acceptors (Lipinski definition) is 3. The van der Waals surface area contributed by atoms with Crippen molar-refractivity contribution in [3.8, 4) is 0 Å². The minimum atomic E-state index is -1.54. The quantitative estimate of drug-likeness (QED) is 0.617. The van der Waals surface area contributed by atoms with Crippen molar-refractivity contribution in [2.24, 2.45) is 5.92 Å². The number of benzene rings is 1. The molecule has 0 amide bonds. The van der Waals surface area contributed by atoms with Crippen LogP contribution in [0, 0.1) is 5.92 Å². The molecule has 1 saturated carbocycles. The molecule has 1 saturated heterocycles. The zero-order chi connectivity index (χ0) is 15.0. The molecule has 0 aromatic heterocycles. The average molecular weight is 350 g/mol. The van der Waals surface area contributed by atoms with Crippen LogP contribution in [-0.2, 0) is 20.9 Å². The van der Waals surface area contributed by atoms with E-state index in [9.17, 15) is 4.79 Å². The van der Waals surface area contributed by atoms with Crippen LogP contribution >= 0.6 is 34.8 Å². The van der Waals surface area contributed by atoms with Crippen molar-refractivity contribution >= 4 is 40.8 Å². The topological polar surface area (TPSA) is 35.5 Å². The van der Waals surface area contributed by atoms with Crippen LogP contribution in [-0.4, -0.2) is 27.9 Å². The number of ether oxygens (including phenoxy) is 2. The molecule has 1 aromatic rings. The number of carbonyl (C=O) groups is 1. The summed E-state index contributed by atoms with van der Waals surface area (Å²) in [5.74, 6) is -0.984. The van der Waals surface area contributed by atoms with Gasteiger partial charge in [-0.05, 0) is 12.0 Å². The second-order valence-electron chi connectivity index (χ2n) is 5.50. The van der Waals surface area contributed by atoms with Crippen LogP contribution in [0.25, 0.3) is 0 Å². The average Bonchev–Trinajstić information content (AvgIpc) is 2.68. The Morgan fingerprint density at radius 2 is 1.95 bits per heavy atom. The molecule has 1 aliphatic carbocycles. The van der Waals surface area contributed by atoms with E-state index in [0.29, 0.717) is 19.4 Å². The lowest BCUT2D eigenvalue weighted by atomic mass is 9.83. The minimum Gasteiger partial charge on any atom is -0.460 e. The highest BCUT2D eigenvalue weighted by Gasteiger charge is 2.60. The van der Waals surface area contributed by atoms with Gasteiger partial charge in [-0.1, -0.05) is 53.5 Å². The van der Waals surface area contributed by atoms with Crippen LogP contribution in [0.4, 0.5) is 0 Å². The maximum atomic E-state index is 11.7. The molecule has 3 rings (SSSR count). The molecule has 0 N–H and O–H groups in total. The van der Waals surface area contributed by atoms with Gasteiger partial charge in [-0.2, -0.15) is 0 Å². The van der Waals surface area contributed by atoms with Crippen LogP contribution in [0.15, 0.2) is 30.3 Å². The van der Waals surface area contributed by atoms with E-state index in [1.807, 2.05) is 30.3 Å². The summed E-state index contributed by atoms with van der Waals surface area (Å²) in [6.45, 7) is 0.507. The second kappa shape index (κ2) is 5.96. The predicted octanol–water partition coefficient (Wildman–Crippen LogP) is 3.69. The molecule has 2 aliphatic rings. The Hall–Kier alpha value is -0.480. The first kappa shape index (κ1) is 15.4. The standard InChI is InChI=1S/C15H15Cl3O3/c16-11-6-10(20-8-9-4-2-1-3-5-9)7-12-13(11)15(17,18)14(19)21-12/h1-5,10-13H,6-8H2/t10-,11-,12-,13+/m1/s1. The fourth-order valence-corrected chi connectivity index (χ4v) is 4.34. The normalized spacial score (nSPS) is 34.3. The summed E-state index contributed by atoms with van der Waals surface area (Å²) in [7, 11) is 0. The van der Waals surface area contributed by atoms with Crippen LogP contribution < -0.4 is 0 Å². The first-order chi connectivity index (χ1) is 9.98. The van der Waals surface area contributed by atoms with Gasteiger partial charge in [-0.3, -0.25) is 0 Å². The molecule has 0 spiro atoms. The number of alkyl halides is 3. The largest absolute Gasteiger partial charge is 0.460 e. The van der Waals surface area contributed by atoms with Gasteiger partial charge < -0.3 is 9.47 Å². The maximum Gasteiger partial charge on any atom is 0.343 e. The van der Waals surface area contributed by atoms with Crippen LogP contribution in [0.5, 0.6) is 0 Å². The predicted molar refractivity (Wildman–Crippen MR) is 81.7 cm³/mol. The second-order valence-corrected chi connectivity index (χ2v) is 7.44. The fourth-order valence-electron chi connectivity index (χ4n) is 2.99. The third-order valence-corrected chi connectivity index (χ3v) is 5.31. The van der Waals surface area contributed by atoms with Gasteiger partial charge >= 0.3 is 5.97 Å². The molecular weight excluding hydrogens is 335 g/mol. The number of fused-ring (bicyclic) bond motifs is 1. The van der Waals surface area contributed by atoms with Gasteiger partial charge in [0.2, 0.25) is 4.33 Å². The fraction of sp³-hybridized carbons (Fsp3) is 0.533. The third-order valence-electron chi connectivity index (χ3n) is 4.05. The summed E-state index contributed by atoms with van der Waals surface area (Å²) in [5.41, 5.74) is 1.10. The molecule has 3 nitrogen and oxygen atoms in total. The van der Waals surface area contributed by atoms with Crippen molar-refractivity contribution < 1.29 is 14.3 Å². The molecule has 4 atom stereocenters. The van der Waals surface area contributed by atoms with Crippen molar-refractivity contribution in [1.82, 2.24) is 0 Å². The highest BCUT2D eigenvalue weighted by Crippen LogP contribution is 2.50. The summed E-state index contributed by atoms with van der Waals surface area (Å²) in [4.78, 5) is 11.7. The van der Waals surface area contributed by atoms with Gasteiger partial charge in [0.05, 0.1) is 18.6 Å². The van der Waals surface area contributed by atoms with Gasteiger partial charge in [0, 0.05) is 11.8 Å². The van der Waals surface area contributed by atoms with E-state index in [4.69, 9.17) is 44.3 Å². The Balaban J connectivity index is 1.63. The van der Waals surface area contributed by atoms with Gasteiger partial charge in [0.25, 0.3) is 0 Å². The van der Waals surface area contributed by atoms with Crippen molar-refractivity contribution in [2.45, 2.75) is 41.4 Å². The van der Waals surface area contributed by atoms with E-state index in [1.54, 1.807) is 0 Å². The number of esters is 1. The molecule has 1 aromatic carbocycles. The zero-order valence-electron chi connectivity index (χ0n) is 11.2. The first-order valence-electron chi connectivity index (χ1n) is 6.87. The Morgan fingerprint density at radius 3 is 2.67 bits per heavy atom. The Morgan fingerprint density at radius 1 is 1.24 bits per heavy atom. The highest BCUT2D eigenvalue weighted by atomic mass is 35.5. The molecule has 6 heteroatoms. The molecule has 0 bridgehead atoms. The van der Waals surface area contributed by atoms with E-state index in [2.05, 4.69) is 0 Å². The van der Waals surface area contributed by atoms with E-state index in [1.165, 1.54) is 0 Å². The van der Waals surface area contributed by atoms with E-state index in [0.717, 1.165) is 5.56 Å². The molecule has 0 radical (unpaired) electrons. The SMILES string of the molecule is O=C1O[C@@H]2C[C@H](OCc3ccccc3)C[C@@H](Cl)[C@@H]2C1(Cl)Cl. The lowest BCUT2D eigenvalue weighted by Gasteiger charge is -2.35. The Kier molecular flexibility index (Phi) is 4.37. The number of carbonyl (C=O) groups excluding carboxylic acids is 1. The molecule has 2 fully saturated rings.